The molecule has 0 unspecified atom stereocenters. The molecule has 0 N–H and O–H groups in total. The predicted octanol–water partition coefficient (Wildman–Crippen LogP) is -1.83. The number of carbonyl (C=O) groups excluding carboxylic acids is 1. The molecule has 3 nitrogen and oxygen atoms in total. The molecule has 66 valence electrons. The molecule has 0 aliphatic carbocycles. The molecule has 0 spiro atoms. The van der Waals surface area contributed by atoms with E-state index in [2.05, 4.69) is 11.8 Å². The molecule has 4 heteroatoms. The summed E-state index contributed by atoms with van der Waals surface area (Å²) >= 11 is 0. The molecule has 0 aliphatic heterocycles. The minimum absolute atomic E-state index is 0. The van der Waals surface area contributed by atoms with Gasteiger partial charge in [-0.2, -0.15) is 0 Å². The van der Waals surface area contributed by atoms with E-state index >= 15 is 0 Å². The molecular formula is C8H15NaO3. The average Bonchev–Trinajstić information content (AvgIpc) is 2.04. The molecule has 0 aromatic carbocycles. The van der Waals surface area contributed by atoms with Gasteiger partial charge in [0, 0.05) is 6.42 Å². The van der Waals surface area contributed by atoms with Gasteiger partial charge in [-0.05, 0) is 6.42 Å². The van der Waals surface area contributed by atoms with Crippen molar-refractivity contribution < 1.29 is 44.5 Å². The number of hydrogen-bond acceptors (Lipinski definition) is 3. The molecule has 0 fully saturated rings. The first-order valence-electron chi connectivity index (χ1n) is 4.14. The first-order valence-corrected chi connectivity index (χ1v) is 4.14. The van der Waals surface area contributed by atoms with Crippen LogP contribution in [0.4, 0.5) is 0 Å². The van der Waals surface area contributed by atoms with Gasteiger partial charge in [0.05, 0.1) is 0 Å². The minimum Gasteiger partial charge on any atom is -0.662 e. The van der Waals surface area contributed by atoms with Crippen LogP contribution in [-0.2, 0) is 9.68 Å². The SMILES string of the molecule is CCCCCCCC(=O)O[O-].[Na+]. The number of rotatable bonds is 6. The molecule has 0 aliphatic rings. The van der Waals surface area contributed by atoms with Crippen molar-refractivity contribution >= 4 is 5.97 Å². The fourth-order valence-electron chi connectivity index (χ4n) is 0.915. The monoisotopic (exact) mass is 182 g/mol. The summed E-state index contributed by atoms with van der Waals surface area (Å²) in [6.07, 6.45) is 5.60. The summed E-state index contributed by atoms with van der Waals surface area (Å²) in [4.78, 5) is 13.6. The Labute approximate surface area is 95.7 Å². The van der Waals surface area contributed by atoms with Gasteiger partial charge in [-0.1, -0.05) is 32.6 Å². The van der Waals surface area contributed by atoms with Crippen LogP contribution >= 0.6 is 0 Å². The van der Waals surface area contributed by atoms with Gasteiger partial charge in [-0.25, -0.2) is 0 Å². The van der Waals surface area contributed by atoms with E-state index in [0.717, 1.165) is 19.3 Å². The Kier molecular flexibility index (Phi) is 14.2. The molecule has 0 radical (unpaired) electrons. The number of hydrogen-bond donors (Lipinski definition) is 0. The largest absolute Gasteiger partial charge is 1.00 e. The zero-order chi connectivity index (χ0) is 8.53. The van der Waals surface area contributed by atoms with Crippen molar-refractivity contribution in [3.8, 4) is 0 Å². The average molecular weight is 182 g/mol. The zero-order valence-corrected chi connectivity index (χ0v) is 9.97. The van der Waals surface area contributed by atoms with Gasteiger partial charge < -0.3 is 10.1 Å². The topological polar surface area (TPSA) is 49.4 Å². The molecule has 0 aromatic rings. The fraction of sp³-hybridized carbons (Fsp3) is 0.875. The molecule has 0 rings (SSSR count). The van der Waals surface area contributed by atoms with Gasteiger partial charge >= 0.3 is 29.6 Å². The third kappa shape index (κ3) is 10.4. The van der Waals surface area contributed by atoms with Crippen LogP contribution in [0, 0.1) is 0 Å². The van der Waals surface area contributed by atoms with Crippen LogP contribution in [-0.4, -0.2) is 5.97 Å². The van der Waals surface area contributed by atoms with E-state index in [1.54, 1.807) is 0 Å². The van der Waals surface area contributed by atoms with Crippen LogP contribution < -0.4 is 34.8 Å². The summed E-state index contributed by atoms with van der Waals surface area (Å²) in [5, 5.41) is 9.50. The van der Waals surface area contributed by atoms with E-state index in [9.17, 15) is 10.1 Å². The molecule has 0 bridgehead atoms. The number of unbranched alkanes of at least 4 members (excludes halogenated alkanes) is 4. The van der Waals surface area contributed by atoms with Crippen molar-refractivity contribution in [2.75, 3.05) is 0 Å². The van der Waals surface area contributed by atoms with Crippen LogP contribution in [0.3, 0.4) is 0 Å². The van der Waals surface area contributed by atoms with Crippen molar-refractivity contribution in [3.05, 3.63) is 0 Å². The van der Waals surface area contributed by atoms with Crippen molar-refractivity contribution in [3.63, 3.8) is 0 Å². The molecule has 0 saturated heterocycles. The Bertz CT molecular complexity index is 106. The first kappa shape index (κ1) is 14.9. The van der Waals surface area contributed by atoms with Gasteiger partial charge in [0.25, 0.3) is 5.97 Å². The summed E-state index contributed by atoms with van der Waals surface area (Å²) in [7, 11) is 0. The fourth-order valence-corrected chi connectivity index (χ4v) is 0.915. The molecule has 0 amide bonds. The second kappa shape index (κ2) is 11.4. The van der Waals surface area contributed by atoms with Gasteiger partial charge in [0.2, 0.25) is 0 Å². The Balaban J connectivity index is 0. The molecule has 0 heterocycles. The normalized spacial score (nSPS) is 8.83. The zero-order valence-electron chi connectivity index (χ0n) is 7.97. The second-order valence-corrected chi connectivity index (χ2v) is 2.62. The summed E-state index contributed by atoms with van der Waals surface area (Å²) in [5.41, 5.74) is 0. The van der Waals surface area contributed by atoms with Crippen molar-refractivity contribution in [1.82, 2.24) is 0 Å². The van der Waals surface area contributed by atoms with Crippen LogP contribution in [0.5, 0.6) is 0 Å². The van der Waals surface area contributed by atoms with Gasteiger partial charge in [-0.15, -0.1) is 0 Å². The van der Waals surface area contributed by atoms with Gasteiger partial charge in [0.1, 0.15) is 0 Å². The quantitative estimate of drug-likeness (QED) is 0.210. The summed E-state index contributed by atoms with van der Waals surface area (Å²) < 4.78 is 0. The van der Waals surface area contributed by atoms with Crippen LogP contribution in [0.1, 0.15) is 45.4 Å². The molecule has 0 atom stereocenters. The van der Waals surface area contributed by atoms with Crippen molar-refractivity contribution in [2.45, 2.75) is 45.4 Å². The summed E-state index contributed by atoms with van der Waals surface area (Å²) in [6.45, 7) is 2.13. The standard InChI is InChI=1S/C8H16O3.Na/c1-2-3-4-5-6-7-8(9)11-10;/h10H,2-7H2,1H3;/q;+1/p-1. The van der Waals surface area contributed by atoms with Crippen molar-refractivity contribution in [1.29, 1.82) is 0 Å². The van der Waals surface area contributed by atoms with E-state index in [0.29, 0.717) is 0 Å². The molecule has 0 aromatic heterocycles. The Morgan fingerprint density at radius 2 is 1.83 bits per heavy atom. The maximum Gasteiger partial charge on any atom is 1.00 e. The van der Waals surface area contributed by atoms with Gasteiger partial charge in [-0.3, -0.25) is 4.79 Å². The number of carbonyl (C=O) groups is 1. The van der Waals surface area contributed by atoms with Crippen LogP contribution in [0.15, 0.2) is 0 Å². The maximum atomic E-state index is 10.3. The van der Waals surface area contributed by atoms with E-state index < -0.39 is 5.97 Å². The molecular weight excluding hydrogens is 167 g/mol. The smallest absolute Gasteiger partial charge is 0.662 e. The van der Waals surface area contributed by atoms with Gasteiger partial charge in [0.15, 0.2) is 0 Å². The Hall–Kier alpha value is 0.430. The summed E-state index contributed by atoms with van der Waals surface area (Å²) in [5.74, 6) is -0.638. The third-order valence-corrected chi connectivity index (χ3v) is 1.58. The third-order valence-electron chi connectivity index (χ3n) is 1.58. The molecule has 12 heavy (non-hydrogen) atoms. The van der Waals surface area contributed by atoms with Crippen molar-refractivity contribution in [2.24, 2.45) is 0 Å². The first-order chi connectivity index (χ1) is 5.31. The van der Waals surface area contributed by atoms with E-state index in [1.165, 1.54) is 12.8 Å². The summed E-state index contributed by atoms with van der Waals surface area (Å²) in [6, 6.07) is 0. The Morgan fingerprint density at radius 3 is 2.33 bits per heavy atom. The predicted molar refractivity (Wildman–Crippen MR) is 39.5 cm³/mol. The molecule has 0 saturated carbocycles. The van der Waals surface area contributed by atoms with E-state index in [4.69, 9.17) is 0 Å². The minimum atomic E-state index is -0.638. The van der Waals surface area contributed by atoms with Crippen LogP contribution in [0.25, 0.3) is 0 Å². The van der Waals surface area contributed by atoms with E-state index in [1.807, 2.05) is 0 Å². The van der Waals surface area contributed by atoms with Crippen LogP contribution in [0.2, 0.25) is 0 Å². The Morgan fingerprint density at radius 1 is 1.25 bits per heavy atom. The second-order valence-electron chi connectivity index (χ2n) is 2.62. The van der Waals surface area contributed by atoms with E-state index in [-0.39, 0.29) is 36.0 Å². The maximum absolute atomic E-state index is 10.3.